The van der Waals surface area contributed by atoms with Crippen molar-refractivity contribution in [2.75, 3.05) is 13.1 Å². The van der Waals surface area contributed by atoms with Gasteiger partial charge in [-0.3, -0.25) is 9.69 Å². The molecule has 0 spiro atoms. The molecule has 0 bridgehead atoms. The van der Waals surface area contributed by atoms with Crippen molar-refractivity contribution in [3.63, 3.8) is 0 Å². The molecule has 7 nitrogen and oxygen atoms in total. The largest absolute Gasteiger partial charge is 0.347 e. The molecule has 0 radical (unpaired) electrons. The van der Waals surface area contributed by atoms with E-state index in [0.717, 1.165) is 38.4 Å². The zero-order chi connectivity index (χ0) is 16.7. The van der Waals surface area contributed by atoms with Crippen molar-refractivity contribution in [1.82, 2.24) is 30.0 Å². The number of likely N-dealkylation sites (tertiary alicyclic amines) is 1. The Morgan fingerprint density at radius 1 is 1.33 bits per heavy atom. The van der Waals surface area contributed by atoms with E-state index in [1.54, 1.807) is 11.3 Å². The van der Waals surface area contributed by atoms with E-state index < -0.39 is 0 Å². The summed E-state index contributed by atoms with van der Waals surface area (Å²) in [7, 11) is 0. The number of thiazole rings is 1. The van der Waals surface area contributed by atoms with Crippen molar-refractivity contribution in [3.8, 4) is 0 Å². The van der Waals surface area contributed by atoms with Crippen LogP contribution in [0.1, 0.15) is 35.3 Å². The Morgan fingerprint density at radius 3 is 2.92 bits per heavy atom. The third-order valence-electron chi connectivity index (χ3n) is 4.81. The summed E-state index contributed by atoms with van der Waals surface area (Å²) >= 11 is 1.71. The number of fused-ring (bicyclic) bond motifs is 2. The summed E-state index contributed by atoms with van der Waals surface area (Å²) < 4.78 is 2.02. The van der Waals surface area contributed by atoms with E-state index in [1.807, 2.05) is 30.0 Å². The Hall–Kier alpha value is -1.80. The third-order valence-corrected chi connectivity index (χ3v) is 5.57. The zero-order valence-electron chi connectivity index (χ0n) is 14.0. The molecule has 0 aliphatic carbocycles. The van der Waals surface area contributed by atoms with Crippen molar-refractivity contribution in [2.24, 2.45) is 11.8 Å². The molecule has 2 aliphatic rings. The maximum Gasteiger partial charge on any atom is 0.289 e. The minimum absolute atomic E-state index is 0.0991. The normalized spacial score (nSPS) is 23.3. The first-order chi connectivity index (χ1) is 11.6. The zero-order valence-corrected chi connectivity index (χ0v) is 14.8. The van der Waals surface area contributed by atoms with E-state index >= 15 is 0 Å². The highest BCUT2D eigenvalue weighted by Gasteiger charge is 2.39. The molecule has 1 fully saturated rings. The summed E-state index contributed by atoms with van der Waals surface area (Å²) in [6, 6.07) is 0.0991. The lowest BCUT2D eigenvalue weighted by Gasteiger charge is -2.25. The predicted molar refractivity (Wildman–Crippen MR) is 90.7 cm³/mol. The molecule has 1 amide bonds. The Bertz CT molecular complexity index is 725. The van der Waals surface area contributed by atoms with Crippen LogP contribution in [-0.2, 0) is 19.5 Å². The number of aromatic nitrogens is 4. The van der Waals surface area contributed by atoms with E-state index in [9.17, 15) is 4.79 Å². The average molecular weight is 346 g/mol. The quantitative estimate of drug-likeness (QED) is 0.900. The summed E-state index contributed by atoms with van der Waals surface area (Å²) in [5.41, 5.74) is 0. The molecule has 1 saturated heterocycles. The van der Waals surface area contributed by atoms with Gasteiger partial charge in [0.2, 0.25) is 5.82 Å². The highest BCUT2D eigenvalue weighted by molar-refractivity contribution is 7.09. The van der Waals surface area contributed by atoms with Gasteiger partial charge in [0.05, 0.1) is 6.54 Å². The van der Waals surface area contributed by atoms with Crippen LogP contribution < -0.4 is 5.32 Å². The maximum absolute atomic E-state index is 12.3. The molecule has 2 aliphatic heterocycles. The lowest BCUT2D eigenvalue weighted by Crippen LogP contribution is -2.35. The molecule has 0 aromatic carbocycles. The number of nitrogens with one attached hydrogen (secondary N) is 1. The van der Waals surface area contributed by atoms with Gasteiger partial charge in [-0.2, -0.15) is 0 Å². The Balaban J connectivity index is 1.46. The second-order valence-electron chi connectivity index (χ2n) is 7.02. The van der Waals surface area contributed by atoms with Gasteiger partial charge < -0.3 is 9.88 Å². The molecule has 0 saturated carbocycles. The number of hydrogen-bond acceptors (Lipinski definition) is 6. The summed E-state index contributed by atoms with van der Waals surface area (Å²) in [6.45, 7) is 7.79. The SMILES string of the molecule is CC(C)NC(=O)c1nnc2n1C[C@@H]1CN(Cc3nccs3)C[C@H]1C2. The fourth-order valence-corrected chi connectivity index (χ4v) is 4.42. The number of carbonyl (C=O) groups is 1. The second kappa shape index (κ2) is 6.25. The molecule has 4 rings (SSSR count). The van der Waals surface area contributed by atoms with Crippen molar-refractivity contribution >= 4 is 17.2 Å². The number of carbonyl (C=O) groups excluding carboxylic acids is 1. The van der Waals surface area contributed by atoms with Crippen molar-refractivity contribution in [3.05, 3.63) is 28.2 Å². The second-order valence-corrected chi connectivity index (χ2v) is 8.00. The Kier molecular flexibility index (Phi) is 4.09. The van der Waals surface area contributed by atoms with Crippen molar-refractivity contribution < 1.29 is 4.79 Å². The van der Waals surface area contributed by atoms with Gasteiger partial charge in [-0.1, -0.05) is 0 Å². The molecule has 2 aromatic rings. The first-order valence-corrected chi connectivity index (χ1v) is 9.31. The summed E-state index contributed by atoms with van der Waals surface area (Å²) in [4.78, 5) is 19.2. The topological polar surface area (TPSA) is 75.9 Å². The van der Waals surface area contributed by atoms with E-state index in [0.29, 0.717) is 17.7 Å². The molecule has 8 heteroatoms. The lowest BCUT2D eigenvalue weighted by molar-refractivity contribution is 0.0924. The van der Waals surface area contributed by atoms with Crippen LogP contribution in [0.2, 0.25) is 0 Å². The van der Waals surface area contributed by atoms with Crippen LogP contribution in [0.4, 0.5) is 0 Å². The fourth-order valence-electron chi connectivity index (χ4n) is 3.77. The third kappa shape index (κ3) is 2.95. The van der Waals surface area contributed by atoms with Crippen LogP contribution in [0.15, 0.2) is 11.6 Å². The van der Waals surface area contributed by atoms with Gasteiger partial charge in [0.15, 0.2) is 0 Å². The smallest absolute Gasteiger partial charge is 0.289 e. The van der Waals surface area contributed by atoms with Gasteiger partial charge >= 0.3 is 0 Å². The molecular formula is C16H22N6OS. The maximum atomic E-state index is 12.3. The van der Waals surface area contributed by atoms with Crippen LogP contribution in [-0.4, -0.2) is 49.7 Å². The van der Waals surface area contributed by atoms with Crippen LogP contribution >= 0.6 is 11.3 Å². The minimum atomic E-state index is -0.125. The molecule has 24 heavy (non-hydrogen) atoms. The molecule has 128 valence electrons. The first kappa shape index (κ1) is 15.7. The Morgan fingerprint density at radius 2 is 2.17 bits per heavy atom. The summed E-state index contributed by atoms with van der Waals surface area (Å²) in [6.07, 6.45) is 2.77. The fraction of sp³-hybridized carbons (Fsp3) is 0.625. The number of rotatable bonds is 4. The highest BCUT2D eigenvalue weighted by Crippen LogP contribution is 2.33. The molecular weight excluding hydrogens is 324 g/mol. The highest BCUT2D eigenvalue weighted by atomic mass is 32.1. The Labute approximate surface area is 145 Å². The number of amides is 1. The standard InChI is InChI=1S/C16H22N6OS/c1-10(2)18-16(23)15-20-19-13-5-11-6-21(7-12(11)8-22(13)15)9-14-17-3-4-24-14/h3-4,10-12H,5-9H2,1-2H3,(H,18,23)/t11-,12+/m1/s1. The summed E-state index contributed by atoms with van der Waals surface area (Å²) in [5, 5.41) is 14.5. The van der Waals surface area contributed by atoms with Gasteiger partial charge in [0.25, 0.3) is 5.91 Å². The monoisotopic (exact) mass is 346 g/mol. The summed E-state index contributed by atoms with van der Waals surface area (Å²) in [5.74, 6) is 2.43. The van der Waals surface area contributed by atoms with Gasteiger partial charge in [0, 0.05) is 43.7 Å². The van der Waals surface area contributed by atoms with Crippen molar-refractivity contribution in [2.45, 2.75) is 39.4 Å². The van der Waals surface area contributed by atoms with Crippen molar-refractivity contribution in [1.29, 1.82) is 0 Å². The lowest BCUT2D eigenvalue weighted by atomic mass is 9.89. The van der Waals surface area contributed by atoms with Crippen LogP contribution in [0, 0.1) is 11.8 Å². The van der Waals surface area contributed by atoms with Gasteiger partial charge in [-0.15, -0.1) is 21.5 Å². The molecule has 0 unspecified atom stereocenters. The van der Waals surface area contributed by atoms with Gasteiger partial charge in [0.1, 0.15) is 10.8 Å². The van der Waals surface area contributed by atoms with Gasteiger partial charge in [-0.05, 0) is 25.7 Å². The average Bonchev–Trinajstić information content (AvgIpc) is 3.22. The van der Waals surface area contributed by atoms with E-state index in [-0.39, 0.29) is 11.9 Å². The predicted octanol–water partition coefficient (Wildman–Crippen LogP) is 1.18. The van der Waals surface area contributed by atoms with Crippen LogP contribution in [0.25, 0.3) is 0 Å². The molecule has 1 N–H and O–H groups in total. The van der Waals surface area contributed by atoms with Gasteiger partial charge in [-0.25, -0.2) is 4.98 Å². The van der Waals surface area contributed by atoms with E-state index in [1.165, 1.54) is 5.01 Å². The van der Waals surface area contributed by atoms with E-state index in [2.05, 4.69) is 25.4 Å². The first-order valence-electron chi connectivity index (χ1n) is 8.44. The molecule has 2 atom stereocenters. The van der Waals surface area contributed by atoms with E-state index in [4.69, 9.17) is 0 Å². The number of hydrogen-bond donors (Lipinski definition) is 1. The minimum Gasteiger partial charge on any atom is -0.347 e. The van der Waals surface area contributed by atoms with Crippen LogP contribution in [0.5, 0.6) is 0 Å². The number of nitrogens with zero attached hydrogens (tertiary/aromatic N) is 5. The molecule has 2 aromatic heterocycles. The van der Waals surface area contributed by atoms with Crippen LogP contribution in [0.3, 0.4) is 0 Å². The molecule has 4 heterocycles.